The lowest BCUT2D eigenvalue weighted by molar-refractivity contribution is 0.127. The molecule has 96 valence electrons. The minimum absolute atomic E-state index is 0.177. The topological polar surface area (TPSA) is 88.4 Å². The first-order valence-corrected chi connectivity index (χ1v) is 6.87. The third-order valence-corrected chi connectivity index (χ3v) is 3.90. The fourth-order valence-corrected chi connectivity index (χ4v) is 2.97. The Bertz CT molecular complexity index is 360. The Balaban J connectivity index is 2.06. The Kier molecular flexibility index (Phi) is 4.38. The fourth-order valence-electron chi connectivity index (χ4n) is 1.76. The van der Waals surface area contributed by atoms with Gasteiger partial charge in [-0.3, -0.25) is 4.90 Å². The average Bonchev–Trinajstić information content (AvgIpc) is 2.79. The van der Waals surface area contributed by atoms with E-state index in [4.69, 9.17) is 10.3 Å². The van der Waals surface area contributed by atoms with E-state index in [1.54, 1.807) is 0 Å². The Hall–Kier alpha value is -0.630. The molecule has 0 amide bonds. The van der Waals surface area contributed by atoms with E-state index in [2.05, 4.69) is 22.1 Å². The second-order valence-corrected chi connectivity index (χ2v) is 5.31. The lowest BCUT2D eigenvalue weighted by atomic mass is 10.2. The van der Waals surface area contributed by atoms with Crippen molar-refractivity contribution in [1.82, 2.24) is 15.0 Å². The van der Waals surface area contributed by atoms with Gasteiger partial charge in [-0.05, 0) is 20.0 Å². The summed E-state index contributed by atoms with van der Waals surface area (Å²) in [4.78, 5) is 6.47. The first-order valence-electron chi connectivity index (χ1n) is 5.72. The predicted molar refractivity (Wildman–Crippen MR) is 65.6 cm³/mol. The van der Waals surface area contributed by atoms with Crippen LogP contribution in [0.2, 0.25) is 0 Å². The highest BCUT2D eigenvalue weighted by atomic mass is 32.2. The molecule has 1 saturated heterocycles. The van der Waals surface area contributed by atoms with Crippen molar-refractivity contribution in [3.05, 3.63) is 11.7 Å². The molecule has 2 atom stereocenters. The maximum Gasteiger partial charge on any atom is 0.255 e. The van der Waals surface area contributed by atoms with Gasteiger partial charge in [-0.2, -0.15) is 16.7 Å². The molecule has 1 unspecified atom stereocenters. The van der Waals surface area contributed by atoms with Crippen LogP contribution in [-0.2, 0) is 0 Å². The zero-order valence-corrected chi connectivity index (χ0v) is 10.7. The maximum absolute atomic E-state index is 9.70. The summed E-state index contributed by atoms with van der Waals surface area (Å²) in [6.45, 7) is 1.42. The van der Waals surface area contributed by atoms with Crippen molar-refractivity contribution < 1.29 is 9.63 Å². The highest BCUT2D eigenvalue weighted by molar-refractivity contribution is 7.99. The number of hydrogen-bond donors (Lipinski definition) is 2. The van der Waals surface area contributed by atoms with Crippen LogP contribution in [0, 0.1) is 0 Å². The zero-order chi connectivity index (χ0) is 12.3. The standard InChI is InChI=1S/C10H18N4O2S/c1-14-4-5-17-6-7(14)9-12-10(16-13-9)8(15)2-3-11/h7-8,15H,2-6,11H2,1H3/t7?,8-/m0/s1. The van der Waals surface area contributed by atoms with Crippen molar-refractivity contribution in [3.63, 3.8) is 0 Å². The summed E-state index contributed by atoms with van der Waals surface area (Å²) in [5, 5.41) is 13.7. The van der Waals surface area contributed by atoms with Gasteiger partial charge in [0, 0.05) is 18.1 Å². The second-order valence-electron chi connectivity index (χ2n) is 4.16. The van der Waals surface area contributed by atoms with Crippen molar-refractivity contribution >= 4 is 11.8 Å². The van der Waals surface area contributed by atoms with Gasteiger partial charge in [0.25, 0.3) is 5.89 Å². The van der Waals surface area contributed by atoms with Crippen LogP contribution >= 0.6 is 11.8 Å². The zero-order valence-electron chi connectivity index (χ0n) is 9.87. The molecule has 0 bridgehead atoms. The van der Waals surface area contributed by atoms with Crippen LogP contribution in [0.4, 0.5) is 0 Å². The molecule has 17 heavy (non-hydrogen) atoms. The summed E-state index contributed by atoms with van der Waals surface area (Å²) in [5.41, 5.74) is 5.38. The predicted octanol–water partition coefficient (Wildman–Crippen LogP) is 0.171. The summed E-state index contributed by atoms with van der Waals surface area (Å²) in [5.74, 6) is 3.02. The molecular formula is C10H18N4O2S. The average molecular weight is 258 g/mol. The molecule has 2 heterocycles. The molecule has 6 nitrogen and oxygen atoms in total. The van der Waals surface area contributed by atoms with Crippen LogP contribution in [0.1, 0.15) is 30.3 Å². The third kappa shape index (κ3) is 2.98. The van der Waals surface area contributed by atoms with Gasteiger partial charge in [0.15, 0.2) is 5.82 Å². The van der Waals surface area contributed by atoms with Crippen molar-refractivity contribution in [2.24, 2.45) is 5.73 Å². The number of nitrogens with two attached hydrogens (primary N) is 1. The fraction of sp³-hybridized carbons (Fsp3) is 0.800. The molecule has 1 fully saturated rings. The van der Waals surface area contributed by atoms with Crippen molar-refractivity contribution in [1.29, 1.82) is 0 Å². The van der Waals surface area contributed by atoms with E-state index in [-0.39, 0.29) is 11.9 Å². The summed E-state index contributed by atoms with van der Waals surface area (Å²) in [6.07, 6.45) is -0.306. The summed E-state index contributed by atoms with van der Waals surface area (Å²) >= 11 is 1.88. The summed E-state index contributed by atoms with van der Waals surface area (Å²) < 4.78 is 5.08. The van der Waals surface area contributed by atoms with Crippen LogP contribution in [-0.4, -0.2) is 51.8 Å². The molecular weight excluding hydrogens is 240 g/mol. The van der Waals surface area contributed by atoms with E-state index < -0.39 is 6.10 Å². The number of aliphatic hydroxyl groups is 1. The SMILES string of the molecule is CN1CCSCC1c1noc([C@@H](O)CCN)n1. The second kappa shape index (κ2) is 5.81. The minimum atomic E-state index is -0.747. The van der Waals surface area contributed by atoms with Crippen molar-refractivity contribution in [2.45, 2.75) is 18.6 Å². The molecule has 1 aromatic heterocycles. The Morgan fingerprint density at radius 1 is 1.71 bits per heavy atom. The third-order valence-electron chi connectivity index (χ3n) is 2.88. The van der Waals surface area contributed by atoms with Crippen LogP contribution in [0.15, 0.2) is 4.52 Å². The smallest absolute Gasteiger partial charge is 0.255 e. The van der Waals surface area contributed by atoms with E-state index in [0.717, 1.165) is 18.1 Å². The van der Waals surface area contributed by atoms with Crippen LogP contribution in [0.3, 0.4) is 0 Å². The molecule has 0 radical (unpaired) electrons. The van der Waals surface area contributed by atoms with Crippen molar-refractivity contribution in [2.75, 3.05) is 31.6 Å². The number of thioether (sulfide) groups is 1. The number of aliphatic hydroxyl groups excluding tert-OH is 1. The first-order chi connectivity index (χ1) is 8.22. The lowest BCUT2D eigenvalue weighted by Gasteiger charge is -2.29. The minimum Gasteiger partial charge on any atom is -0.383 e. The van der Waals surface area contributed by atoms with E-state index in [9.17, 15) is 5.11 Å². The van der Waals surface area contributed by atoms with Gasteiger partial charge >= 0.3 is 0 Å². The number of aromatic nitrogens is 2. The molecule has 7 heteroatoms. The molecule has 0 saturated carbocycles. The molecule has 0 spiro atoms. The molecule has 1 aliphatic rings. The van der Waals surface area contributed by atoms with Crippen LogP contribution in [0.25, 0.3) is 0 Å². The van der Waals surface area contributed by atoms with E-state index in [1.165, 1.54) is 0 Å². The molecule has 0 aliphatic carbocycles. The summed E-state index contributed by atoms with van der Waals surface area (Å²) in [6, 6.07) is 0.177. The van der Waals surface area contributed by atoms with Gasteiger partial charge in [0.05, 0.1) is 6.04 Å². The highest BCUT2D eigenvalue weighted by Gasteiger charge is 2.26. The number of nitrogens with zero attached hydrogens (tertiary/aromatic N) is 3. The van der Waals surface area contributed by atoms with E-state index in [0.29, 0.717) is 18.8 Å². The molecule has 0 aromatic carbocycles. The van der Waals surface area contributed by atoms with E-state index in [1.807, 2.05) is 11.8 Å². The normalized spacial score (nSPS) is 23.8. The Morgan fingerprint density at radius 3 is 3.24 bits per heavy atom. The Morgan fingerprint density at radius 2 is 2.53 bits per heavy atom. The molecule has 1 aliphatic heterocycles. The van der Waals surface area contributed by atoms with Crippen LogP contribution < -0.4 is 5.73 Å². The van der Waals surface area contributed by atoms with E-state index >= 15 is 0 Å². The van der Waals surface area contributed by atoms with Gasteiger partial charge in [-0.25, -0.2) is 0 Å². The highest BCUT2D eigenvalue weighted by Crippen LogP contribution is 2.27. The van der Waals surface area contributed by atoms with Gasteiger partial charge in [-0.1, -0.05) is 5.16 Å². The largest absolute Gasteiger partial charge is 0.383 e. The van der Waals surface area contributed by atoms with Gasteiger partial charge in [0.2, 0.25) is 0 Å². The lowest BCUT2D eigenvalue weighted by Crippen LogP contribution is -2.33. The molecule has 1 aromatic rings. The van der Waals surface area contributed by atoms with Crippen LogP contribution in [0.5, 0.6) is 0 Å². The van der Waals surface area contributed by atoms with Gasteiger partial charge < -0.3 is 15.4 Å². The first kappa shape index (κ1) is 12.8. The number of rotatable bonds is 4. The molecule has 2 rings (SSSR count). The number of hydrogen-bond acceptors (Lipinski definition) is 7. The van der Waals surface area contributed by atoms with Gasteiger partial charge in [0.1, 0.15) is 6.10 Å². The maximum atomic E-state index is 9.70. The van der Waals surface area contributed by atoms with Gasteiger partial charge in [-0.15, -0.1) is 0 Å². The van der Waals surface area contributed by atoms with Crippen molar-refractivity contribution in [3.8, 4) is 0 Å². The quantitative estimate of drug-likeness (QED) is 0.796. The monoisotopic (exact) mass is 258 g/mol. The molecule has 3 N–H and O–H groups in total. The summed E-state index contributed by atoms with van der Waals surface area (Å²) in [7, 11) is 2.05. The Labute approximate surface area is 105 Å².